The van der Waals surface area contributed by atoms with Gasteiger partial charge in [0.15, 0.2) is 0 Å². The molecule has 150 valence electrons. The molecule has 2 aromatic carbocycles. The molecule has 0 unspecified atom stereocenters. The van der Waals surface area contributed by atoms with Gasteiger partial charge in [-0.05, 0) is 73.7 Å². The van der Waals surface area contributed by atoms with E-state index in [1.165, 1.54) is 24.1 Å². The van der Waals surface area contributed by atoms with Crippen LogP contribution in [0.4, 0.5) is 11.4 Å². The summed E-state index contributed by atoms with van der Waals surface area (Å²) in [5.74, 6) is 1.66. The number of carbonyl (C=O) groups is 1. The van der Waals surface area contributed by atoms with E-state index in [0.29, 0.717) is 6.54 Å². The third kappa shape index (κ3) is 5.99. The minimum absolute atomic E-state index is 0.0230. The van der Waals surface area contributed by atoms with E-state index in [4.69, 9.17) is 4.74 Å². The lowest BCUT2D eigenvalue weighted by atomic mass is 9.99. The lowest BCUT2D eigenvalue weighted by Crippen LogP contribution is -2.32. The lowest BCUT2D eigenvalue weighted by molar-refractivity contribution is -0.115. The molecule has 0 aromatic heterocycles. The van der Waals surface area contributed by atoms with Crippen LogP contribution >= 0.6 is 0 Å². The maximum absolute atomic E-state index is 12.1. The van der Waals surface area contributed by atoms with Crippen molar-refractivity contribution < 1.29 is 9.53 Å². The zero-order valence-corrected chi connectivity index (χ0v) is 16.9. The molecule has 0 saturated carbocycles. The number of hydrogen-bond acceptors (Lipinski definition) is 4. The summed E-state index contributed by atoms with van der Waals surface area (Å²) >= 11 is 0. The largest absolute Gasteiger partial charge is 0.497 e. The molecule has 5 nitrogen and oxygen atoms in total. The van der Waals surface area contributed by atoms with E-state index in [2.05, 4.69) is 40.7 Å². The van der Waals surface area contributed by atoms with Gasteiger partial charge in [-0.25, -0.2) is 0 Å². The minimum atomic E-state index is -0.0230. The second kappa shape index (κ2) is 10.1. The smallest absolute Gasteiger partial charge is 0.238 e. The average molecular weight is 382 g/mol. The number of nitrogens with zero attached hydrogens (tertiary/aromatic N) is 1. The van der Waals surface area contributed by atoms with Crippen LogP contribution in [0.3, 0.4) is 0 Å². The van der Waals surface area contributed by atoms with Crippen molar-refractivity contribution in [3.05, 3.63) is 54.1 Å². The molecule has 1 saturated heterocycles. The molecule has 1 fully saturated rings. The Bertz CT molecular complexity index is 753. The molecule has 1 aliphatic heterocycles. The molecule has 3 rings (SSSR count). The lowest BCUT2D eigenvalue weighted by Gasteiger charge is -2.32. The average Bonchev–Trinajstić information content (AvgIpc) is 2.73. The van der Waals surface area contributed by atoms with Crippen LogP contribution in [0, 0.1) is 5.92 Å². The van der Waals surface area contributed by atoms with Crippen LogP contribution in [0.5, 0.6) is 5.75 Å². The van der Waals surface area contributed by atoms with E-state index < -0.39 is 0 Å². The van der Waals surface area contributed by atoms with Crippen molar-refractivity contribution in [2.45, 2.75) is 26.2 Å². The van der Waals surface area contributed by atoms with Crippen LogP contribution in [-0.4, -0.2) is 39.2 Å². The molecular formula is C23H31N3O2. The SMILES string of the molecule is COc1cccc(CCNCC(=O)Nc2ccc(N3CCC(C)CC3)cc2)c1. The summed E-state index contributed by atoms with van der Waals surface area (Å²) in [5.41, 5.74) is 3.27. The van der Waals surface area contributed by atoms with Crippen molar-refractivity contribution in [2.24, 2.45) is 5.92 Å². The highest BCUT2D eigenvalue weighted by molar-refractivity contribution is 5.92. The Kier molecular flexibility index (Phi) is 7.31. The third-order valence-electron chi connectivity index (χ3n) is 5.31. The molecular weight excluding hydrogens is 350 g/mol. The number of hydrogen-bond donors (Lipinski definition) is 2. The summed E-state index contributed by atoms with van der Waals surface area (Å²) in [7, 11) is 1.67. The zero-order chi connectivity index (χ0) is 19.8. The van der Waals surface area contributed by atoms with Crippen LogP contribution in [0.25, 0.3) is 0 Å². The number of methoxy groups -OCH3 is 1. The summed E-state index contributed by atoms with van der Waals surface area (Å²) in [6.07, 6.45) is 3.35. The second-order valence-corrected chi connectivity index (χ2v) is 7.54. The molecule has 0 bridgehead atoms. The van der Waals surface area contributed by atoms with E-state index in [1.54, 1.807) is 7.11 Å². The Balaban J connectivity index is 1.38. The Morgan fingerprint density at radius 2 is 1.89 bits per heavy atom. The molecule has 2 aromatic rings. The number of piperidine rings is 1. The van der Waals surface area contributed by atoms with Gasteiger partial charge in [0.2, 0.25) is 5.91 Å². The van der Waals surface area contributed by atoms with Gasteiger partial charge in [-0.2, -0.15) is 0 Å². The Morgan fingerprint density at radius 3 is 2.61 bits per heavy atom. The number of benzene rings is 2. The Morgan fingerprint density at radius 1 is 1.14 bits per heavy atom. The first kappa shape index (κ1) is 20.2. The standard InChI is InChI=1S/C23H31N3O2/c1-18-11-14-26(15-12-18)21-8-6-20(7-9-21)25-23(27)17-24-13-10-19-4-3-5-22(16-19)28-2/h3-9,16,18,24H,10-15,17H2,1-2H3,(H,25,27). The van der Waals surface area contributed by atoms with Crippen LogP contribution in [0.2, 0.25) is 0 Å². The fraction of sp³-hybridized carbons (Fsp3) is 0.435. The summed E-state index contributed by atoms with van der Waals surface area (Å²) in [6, 6.07) is 16.2. The van der Waals surface area contributed by atoms with E-state index >= 15 is 0 Å². The van der Waals surface area contributed by atoms with E-state index in [0.717, 1.165) is 43.4 Å². The first-order chi connectivity index (χ1) is 13.6. The number of amides is 1. The molecule has 0 radical (unpaired) electrons. The number of ether oxygens (including phenoxy) is 1. The van der Waals surface area contributed by atoms with Gasteiger partial charge in [0, 0.05) is 24.5 Å². The fourth-order valence-electron chi connectivity index (χ4n) is 3.49. The highest BCUT2D eigenvalue weighted by atomic mass is 16.5. The number of rotatable bonds is 8. The van der Waals surface area contributed by atoms with Gasteiger partial charge in [0.05, 0.1) is 13.7 Å². The fourth-order valence-corrected chi connectivity index (χ4v) is 3.49. The van der Waals surface area contributed by atoms with Gasteiger partial charge >= 0.3 is 0 Å². The summed E-state index contributed by atoms with van der Waals surface area (Å²) < 4.78 is 5.23. The second-order valence-electron chi connectivity index (χ2n) is 7.54. The number of carbonyl (C=O) groups excluding carboxylic acids is 1. The van der Waals surface area contributed by atoms with Gasteiger partial charge in [0.25, 0.3) is 0 Å². The summed E-state index contributed by atoms with van der Waals surface area (Å²) in [6.45, 7) is 5.59. The zero-order valence-electron chi connectivity index (χ0n) is 16.9. The molecule has 1 amide bonds. The van der Waals surface area contributed by atoms with Gasteiger partial charge in [-0.1, -0.05) is 19.1 Å². The van der Waals surface area contributed by atoms with E-state index in [1.807, 2.05) is 30.3 Å². The molecule has 28 heavy (non-hydrogen) atoms. The van der Waals surface area contributed by atoms with Crippen molar-refractivity contribution in [2.75, 3.05) is 43.5 Å². The van der Waals surface area contributed by atoms with Crippen LogP contribution in [0.15, 0.2) is 48.5 Å². The monoisotopic (exact) mass is 381 g/mol. The molecule has 5 heteroatoms. The first-order valence-electron chi connectivity index (χ1n) is 10.1. The number of nitrogens with one attached hydrogen (secondary N) is 2. The maximum atomic E-state index is 12.1. The van der Waals surface area contributed by atoms with Gasteiger partial charge in [-0.3, -0.25) is 4.79 Å². The van der Waals surface area contributed by atoms with Crippen molar-refractivity contribution >= 4 is 17.3 Å². The molecule has 1 aliphatic rings. The normalized spacial score (nSPS) is 14.7. The van der Waals surface area contributed by atoms with Crippen LogP contribution in [0.1, 0.15) is 25.3 Å². The highest BCUT2D eigenvalue weighted by Crippen LogP contribution is 2.24. The predicted molar refractivity (Wildman–Crippen MR) is 115 cm³/mol. The molecule has 0 aliphatic carbocycles. The maximum Gasteiger partial charge on any atom is 0.238 e. The van der Waals surface area contributed by atoms with Gasteiger partial charge in [0.1, 0.15) is 5.75 Å². The Hall–Kier alpha value is -2.53. The van der Waals surface area contributed by atoms with E-state index in [-0.39, 0.29) is 5.91 Å². The Labute approximate surface area is 168 Å². The molecule has 0 atom stereocenters. The van der Waals surface area contributed by atoms with Gasteiger partial charge in [-0.15, -0.1) is 0 Å². The molecule has 1 heterocycles. The van der Waals surface area contributed by atoms with Crippen molar-refractivity contribution in [1.29, 1.82) is 0 Å². The topological polar surface area (TPSA) is 53.6 Å². The quantitative estimate of drug-likeness (QED) is 0.685. The first-order valence-corrected chi connectivity index (χ1v) is 10.1. The highest BCUT2D eigenvalue weighted by Gasteiger charge is 2.15. The van der Waals surface area contributed by atoms with Crippen LogP contribution in [-0.2, 0) is 11.2 Å². The molecule has 2 N–H and O–H groups in total. The summed E-state index contributed by atoms with van der Waals surface area (Å²) in [5, 5.41) is 6.15. The third-order valence-corrected chi connectivity index (χ3v) is 5.31. The van der Waals surface area contributed by atoms with Gasteiger partial charge < -0.3 is 20.3 Å². The van der Waals surface area contributed by atoms with Crippen LogP contribution < -0.4 is 20.3 Å². The molecule has 0 spiro atoms. The predicted octanol–water partition coefficient (Wildman–Crippen LogP) is 3.70. The minimum Gasteiger partial charge on any atom is -0.497 e. The summed E-state index contributed by atoms with van der Waals surface area (Å²) in [4.78, 5) is 14.6. The number of anilines is 2. The van der Waals surface area contributed by atoms with Crippen molar-refractivity contribution in [3.63, 3.8) is 0 Å². The van der Waals surface area contributed by atoms with E-state index in [9.17, 15) is 4.79 Å². The van der Waals surface area contributed by atoms with Crippen molar-refractivity contribution in [3.8, 4) is 5.75 Å². The van der Waals surface area contributed by atoms with Crippen molar-refractivity contribution in [1.82, 2.24) is 5.32 Å².